The van der Waals surface area contributed by atoms with Crippen LogP contribution < -0.4 is 20.9 Å². The SMILES string of the molecule is CC(C)n1c(=O)c(-c2ccc(NS(=O)(=O)[C@H](C)c3ccccc3)c(F)c2)nc2cnc(N[C@@H]3CNC[C@H](CF)C3)nc21. The number of halogens is 2. The Bertz CT molecular complexity index is 1750. The summed E-state index contributed by atoms with van der Waals surface area (Å²) >= 11 is 0. The van der Waals surface area contributed by atoms with Gasteiger partial charge in [-0.3, -0.25) is 18.5 Å². The minimum atomic E-state index is -3.96. The zero-order valence-electron chi connectivity index (χ0n) is 23.5. The van der Waals surface area contributed by atoms with Crippen LogP contribution in [0, 0.1) is 11.7 Å². The number of nitrogens with zero attached hydrogens (tertiary/aromatic N) is 4. The molecule has 0 aliphatic carbocycles. The van der Waals surface area contributed by atoms with E-state index in [4.69, 9.17) is 0 Å². The first-order valence-electron chi connectivity index (χ1n) is 13.8. The van der Waals surface area contributed by atoms with Crippen LogP contribution in [0.2, 0.25) is 0 Å². The number of rotatable bonds is 9. The van der Waals surface area contributed by atoms with Gasteiger partial charge in [0, 0.05) is 36.7 Å². The van der Waals surface area contributed by atoms with Crippen LogP contribution in [0.15, 0.2) is 59.5 Å². The van der Waals surface area contributed by atoms with E-state index in [0.717, 1.165) is 6.07 Å². The largest absolute Gasteiger partial charge is 0.350 e. The molecule has 2 aromatic carbocycles. The van der Waals surface area contributed by atoms with Crippen molar-refractivity contribution in [3.05, 3.63) is 76.5 Å². The van der Waals surface area contributed by atoms with Crippen molar-refractivity contribution in [1.29, 1.82) is 0 Å². The molecule has 0 radical (unpaired) electrons. The third-order valence-electron chi connectivity index (χ3n) is 7.37. The lowest BCUT2D eigenvalue weighted by Gasteiger charge is -2.29. The van der Waals surface area contributed by atoms with E-state index >= 15 is 4.39 Å². The molecule has 1 aliphatic rings. The number of nitrogens with one attached hydrogen (secondary N) is 3. The molecule has 1 fully saturated rings. The smallest absolute Gasteiger partial charge is 0.278 e. The maximum absolute atomic E-state index is 15.2. The summed E-state index contributed by atoms with van der Waals surface area (Å²) in [5.41, 5.74) is 0.643. The number of fused-ring (bicyclic) bond motifs is 1. The highest BCUT2D eigenvalue weighted by Gasteiger charge is 2.25. The number of aromatic nitrogens is 4. The van der Waals surface area contributed by atoms with Crippen molar-refractivity contribution in [1.82, 2.24) is 24.8 Å². The zero-order chi connectivity index (χ0) is 30.0. The van der Waals surface area contributed by atoms with Gasteiger partial charge >= 0.3 is 0 Å². The average Bonchev–Trinajstić information content (AvgIpc) is 2.97. The second-order valence-corrected chi connectivity index (χ2v) is 12.8. The van der Waals surface area contributed by atoms with Gasteiger partial charge in [0.25, 0.3) is 5.56 Å². The molecule has 5 rings (SSSR count). The van der Waals surface area contributed by atoms with Gasteiger partial charge in [0.2, 0.25) is 16.0 Å². The second kappa shape index (κ2) is 12.1. The summed E-state index contributed by atoms with van der Waals surface area (Å²) in [5.74, 6) is -0.647. The fraction of sp³-hybridized carbons (Fsp3) is 0.379. The monoisotopic (exact) mass is 597 g/mol. The topological polar surface area (TPSA) is 131 Å². The van der Waals surface area contributed by atoms with Crippen LogP contribution in [0.3, 0.4) is 0 Å². The second-order valence-electron chi connectivity index (χ2n) is 10.8. The van der Waals surface area contributed by atoms with Crippen LogP contribution >= 0.6 is 0 Å². The molecule has 0 amide bonds. The Morgan fingerprint density at radius 2 is 1.86 bits per heavy atom. The summed E-state index contributed by atoms with van der Waals surface area (Å²) in [6.07, 6.45) is 2.11. The van der Waals surface area contributed by atoms with E-state index in [1.54, 1.807) is 30.3 Å². The highest BCUT2D eigenvalue weighted by Crippen LogP contribution is 2.28. The maximum Gasteiger partial charge on any atom is 0.278 e. The summed E-state index contributed by atoms with van der Waals surface area (Å²) in [6, 6.07) is 12.0. The maximum atomic E-state index is 15.2. The van der Waals surface area contributed by atoms with Crippen LogP contribution in [-0.4, -0.2) is 53.7 Å². The van der Waals surface area contributed by atoms with E-state index in [-0.39, 0.29) is 34.9 Å². The van der Waals surface area contributed by atoms with Crippen molar-refractivity contribution in [2.45, 2.75) is 44.5 Å². The lowest BCUT2D eigenvalue weighted by atomic mass is 9.97. The Labute approximate surface area is 242 Å². The fourth-order valence-corrected chi connectivity index (χ4v) is 6.23. The summed E-state index contributed by atoms with van der Waals surface area (Å²) in [5, 5.41) is 5.50. The molecule has 10 nitrogen and oxygen atoms in total. The summed E-state index contributed by atoms with van der Waals surface area (Å²) in [7, 11) is -3.96. The standard InChI is InChI=1S/C29H33F2N7O3S/c1-17(2)38-27-25(16-33-29(36-27)34-22-11-19(13-30)14-32-15-22)35-26(28(38)39)21-9-10-24(23(31)12-21)37-42(40,41)18(3)20-7-5-4-6-8-20/h4-10,12,16-19,22,32,37H,11,13-15H2,1-3H3,(H,33,34,36)/t18-,19+,22+/m1/s1. The first-order chi connectivity index (χ1) is 20.1. The quantitative estimate of drug-likeness (QED) is 0.258. The van der Waals surface area contributed by atoms with E-state index in [9.17, 15) is 17.6 Å². The van der Waals surface area contributed by atoms with Gasteiger partial charge in [-0.15, -0.1) is 0 Å². The van der Waals surface area contributed by atoms with Crippen LogP contribution in [0.5, 0.6) is 0 Å². The molecule has 3 atom stereocenters. The Balaban J connectivity index is 1.45. The van der Waals surface area contributed by atoms with Gasteiger partial charge in [0.1, 0.15) is 22.3 Å². The van der Waals surface area contributed by atoms with Crippen molar-refractivity contribution in [2.75, 3.05) is 29.8 Å². The lowest BCUT2D eigenvalue weighted by molar-refractivity contribution is 0.282. The molecular formula is C29H33F2N7O3S. The molecule has 42 heavy (non-hydrogen) atoms. The van der Waals surface area contributed by atoms with Crippen LogP contribution in [0.4, 0.5) is 20.4 Å². The van der Waals surface area contributed by atoms with E-state index in [1.807, 2.05) is 13.8 Å². The zero-order valence-corrected chi connectivity index (χ0v) is 24.3. The van der Waals surface area contributed by atoms with Gasteiger partial charge in [-0.25, -0.2) is 22.8 Å². The average molecular weight is 598 g/mol. The van der Waals surface area contributed by atoms with Crippen LogP contribution in [0.1, 0.15) is 44.0 Å². The molecule has 0 unspecified atom stereocenters. The molecular weight excluding hydrogens is 564 g/mol. The molecule has 4 aromatic rings. The molecule has 3 N–H and O–H groups in total. The number of alkyl halides is 1. The Morgan fingerprint density at radius 1 is 1.10 bits per heavy atom. The van der Waals surface area contributed by atoms with Gasteiger partial charge in [0.15, 0.2) is 5.65 Å². The first-order valence-corrected chi connectivity index (χ1v) is 15.3. The number of hydrogen-bond acceptors (Lipinski definition) is 8. The summed E-state index contributed by atoms with van der Waals surface area (Å²) in [6.45, 7) is 6.00. The number of benzene rings is 2. The summed E-state index contributed by atoms with van der Waals surface area (Å²) in [4.78, 5) is 27.0. The molecule has 3 heterocycles. The summed E-state index contributed by atoms with van der Waals surface area (Å²) < 4.78 is 58.1. The molecule has 222 valence electrons. The minimum absolute atomic E-state index is 0.0197. The molecule has 0 bridgehead atoms. The third-order valence-corrected chi connectivity index (χ3v) is 9.08. The first kappa shape index (κ1) is 29.5. The van der Waals surface area contributed by atoms with Gasteiger partial charge < -0.3 is 10.6 Å². The van der Waals surface area contributed by atoms with Crippen molar-refractivity contribution >= 4 is 32.8 Å². The fourth-order valence-electron chi connectivity index (χ4n) is 5.07. The number of sulfonamides is 1. The van der Waals surface area contributed by atoms with Crippen molar-refractivity contribution in [3.63, 3.8) is 0 Å². The molecule has 1 saturated heterocycles. The highest BCUT2D eigenvalue weighted by atomic mass is 32.2. The predicted octanol–water partition coefficient (Wildman–Crippen LogP) is 4.44. The highest BCUT2D eigenvalue weighted by molar-refractivity contribution is 7.92. The molecule has 13 heteroatoms. The number of hydrogen-bond donors (Lipinski definition) is 3. The van der Waals surface area contributed by atoms with E-state index in [0.29, 0.717) is 42.2 Å². The molecule has 2 aromatic heterocycles. The third kappa shape index (κ3) is 6.12. The van der Waals surface area contributed by atoms with Crippen LogP contribution in [0.25, 0.3) is 22.4 Å². The van der Waals surface area contributed by atoms with Gasteiger partial charge in [-0.1, -0.05) is 36.4 Å². The normalized spacial score (nSPS) is 18.2. The number of piperidine rings is 1. The molecule has 0 spiro atoms. The van der Waals surface area contributed by atoms with E-state index < -0.39 is 33.3 Å². The number of anilines is 2. The molecule has 0 saturated carbocycles. The minimum Gasteiger partial charge on any atom is -0.350 e. The Morgan fingerprint density at radius 3 is 2.55 bits per heavy atom. The van der Waals surface area contributed by atoms with E-state index in [1.165, 1.54) is 29.8 Å². The molecule has 1 aliphatic heterocycles. The van der Waals surface area contributed by atoms with Crippen molar-refractivity contribution in [2.24, 2.45) is 5.92 Å². The van der Waals surface area contributed by atoms with E-state index in [2.05, 4.69) is 30.3 Å². The van der Waals surface area contributed by atoms with Gasteiger partial charge in [-0.2, -0.15) is 4.98 Å². The lowest BCUT2D eigenvalue weighted by Crippen LogP contribution is -2.44. The van der Waals surface area contributed by atoms with Crippen molar-refractivity contribution < 1.29 is 17.2 Å². The van der Waals surface area contributed by atoms with Gasteiger partial charge in [0.05, 0.1) is 18.6 Å². The van der Waals surface area contributed by atoms with Gasteiger partial charge in [-0.05, 0) is 44.9 Å². The predicted molar refractivity (Wildman–Crippen MR) is 159 cm³/mol. The van der Waals surface area contributed by atoms with Crippen molar-refractivity contribution in [3.8, 4) is 11.3 Å². The Hall–Kier alpha value is -3.97. The van der Waals surface area contributed by atoms with Crippen LogP contribution in [-0.2, 0) is 10.0 Å². The Kier molecular flexibility index (Phi) is 8.50.